The molecule has 3 heteroatoms. The maximum atomic E-state index is 12.2. The largest absolute Gasteiger partial charge is 0.373 e. The van der Waals surface area contributed by atoms with Crippen LogP contribution in [0.3, 0.4) is 0 Å². The van der Waals surface area contributed by atoms with E-state index in [2.05, 4.69) is 16.7 Å². The van der Waals surface area contributed by atoms with Crippen molar-refractivity contribution < 1.29 is 4.79 Å². The van der Waals surface area contributed by atoms with Crippen molar-refractivity contribution in [3.63, 3.8) is 0 Å². The number of nitrogens with one attached hydrogen (secondary N) is 2. The van der Waals surface area contributed by atoms with E-state index >= 15 is 0 Å². The smallest absolute Gasteiger partial charge is 0.242 e. The van der Waals surface area contributed by atoms with Crippen molar-refractivity contribution in [2.24, 2.45) is 0 Å². The highest BCUT2D eigenvalue weighted by Gasteiger charge is 2.23. The van der Waals surface area contributed by atoms with Gasteiger partial charge in [0.1, 0.15) is 6.04 Å². The van der Waals surface area contributed by atoms with Crippen LogP contribution in [0, 0.1) is 0 Å². The molecule has 2 aromatic rings. The zero-order valence-electron chi connectivity index (χ0n) is 11.3. The summed E-state index contributed by atoms with van der Waals surface area (Å²) >= 11 is 0. The zero-order chi connectivity index (χ0) is 13.8. The lowest BCUT2D eigenvalue weighted by Crippen LogP contribution is -2.41. The summed E-state index contributed by atoms with van der Waals surface area (Å²) < 4.78 is 0. The van der Waals surface area contributed by atoms with E-state index in [9.17, 15) is 4.79 Å². The number of anilines is 1. The second kappa shape index (κ2) is 5.78. The molecule has 1 unspecified atom stereocenters. The van der Waals surface area contributed by atoms with E-state index in [0.29, 0.717) is 6.54 Å². The molecule has 0 bridgehead atoms. The summed E-state index contributed by atoms with van der Waals surface area (Å²) in [6.07, 6.45) is 1.80. The summed E-state index contributed by atoms with van der Waals surface area (Å²) in [6.45, 7) is 0.583. The number of para-hydroxylation sites is 1. The third-order valence-electron chi connectivity index (χ3n) is 3.68. The van der Waals surface area contributed by atoms with Crippen molar-refractivity contribution >= 4 is 11.6 Å². The molecule has 1 amide bonds. The third-order valence-corrected chi connectivity index (χ3v) is 3.68. The molecule has 0 spiro atoms. The zero-order valence-corrected chi connectivity index (χ0v) is 11.3. The summed E-state index contributed by atoms with van der Waals surface area (Å²) in [5, 5.41) is 6.32. The average Bonchev–Trinajstić information content (AvgIpc) is 2.53. The van der Waals surface area contributed by atoms with Crippen molar-refractivity contribution in [3.8, 4) is 0 Å². The van der Waals surface area contributed by atoms with Gasteiger partial charge in [-0.25, -0.2) is 0 Å². The topological polar surface area (TPSA) is 41.1 Å². The minimum absolute atomic E-state index is 0.0726. The Morgan fingerprint density at radius 1 is 1.10 bits per heavy atom. The number of carbonyl (C=O) groups excluding carboxylic acids is 1. The van der Waals surface area contributed by atoms with Gasteiger partial charge in [0.15, 0.2) is 0 Å². The molecule has 2 N–H and O–H groups in total. The first kappa shape index (κ1) is 12.7. The summed E-state index contributed by atoms with van der Waals surface area (Å²) in [4.78, 5) is 12.2. The van der Waals surface area contributed by atoms with Crippen LogP contribution in [-0.4, -0.2) is 11.9 Å². The Hall–Kier alpha value is -2.29. The summed E-state index contributed by atoms with van der Waals surface area (Å²) in [5.41, 5.74) is 3.50. The van der Waals surface area contributed by atoms with Gasteiger partial charge in [-0.2, -0.15) is 0 Å². The quantitative estimate of drug-likeness (QED) is 0.897. The van der Waals surface area contributed by atoms with Crippen LogP contribution in [0.5, 0.6) is 0 Å². The van der Waals surface area contributed by atoms with E-state index < -0.39 is 0 Å². The Morgan fingerprint density at radius 2 is 1.85 bits per heavy atom. The van der Waals surface area contributed by atoms with Crippen LogP contribution >= 0.6 is 0 Å². The average molecular weight is 266 g/mol. The summed E-state index contributed by atoms with van der Waals surface area (Å²) in [7, 11) is 0. The van der Waals surface area contributed by atoms with Crippen LogP contribution in [0.25, 0.3) is 0 Å². The summed E-state index contributed by atoms with van der Waals surface area (Å²) in [5.74, 6) is 0.0726. The Balaban J connectivity index is 1.59. The number of rotatable bonds is 3. The lowest BCUT2D eigenvalue weighted by Gasteiger charge is -2.26. The minimum atomic E-state index is -0.131. The van der Waals surface area contributed by atoms with Crippen LogP contribution in [-0.2, 0) is 17.8 Å². The first-order valence-corrected chi connectivity index (χ1v) is 6.99. The third kappa shape index (κ3) is 2.82. The monoisotopic (exact) mass is 266 g/mol. The van der Waals surface area contributed by atoms with Gasteiger partial charge in [0.05, 0.1) is 0 Å². The van der Waals surface area contributed by atoms with Crippen LogP contribution in [0.4, 0.5) is 5.69 Å². The number of carbonyl (C=O) groups is 1. The molecule has 0 aliphatic carbocycles. The molecule has 1 aliphatic heterocycles. The molecule has 0 saturated carbocycles. The molecule has 20 heavy (non-hydrogen) atoms. The summed E-state index contributed by atoms with van der Waals surface area (Å²) in [6, 6.07) is 18.0. The van der Waals surface area contributed by atoms with Gasteiger partial charge in [0.2, 0.25) is 5.91 Å². The fourth-order valence-electron chi connectivity index (χ4n) is 2.54. The molecule has 0 fully saturated rings. The Morgan fingerprint density at radius 3 is 2.70 bits per heavy atom. The van der Waals surface area contributed by atoms with Gasteiger partial charge in [-0.15, -0.1) is 0 Å². The SMILES string of the molecule is O=C(NCc1ccccc1)C1CCc2ccccc2N1. The molecule has 1 atom stereocenters. The van der Waals surface area contributed by atoms with Gasteiger partial charge in [-0.05, 0) is 30.0 Å². The van der Waals surface area contributed by atoms with Gasteiger partial charge in [0, 0.05) is 12.2 Å². The molecule has 0 saturated heterocycles. The number of aryl methyl sites for hydroxylation is 1. The first-order valence-electron chi connectivity index (χ1n) is 6.99. The van der Waals surface area contributed by atoms with Crippen LogP contribution < -0.4 is 10.6 Å². The second-order valence-corrected chi connectivity index (χ2v) is 5.10. The molecular formula is C17H18N2O. The molecule has 102 valence electrons. The number of hydrogen-bond donors (Lipinski definition) is 2. The van der Waals surface area contributed by atoms with Gasteiger partial charge in [0.25, 0.3) is 0 Å². The van der Waals surface area contributed by atoms with Gasteiger partial charge in [-0.1, -0.05) is 48.5 Å². The van der Waals surface area contributed by atoms with E-state index in [4.69, 9.17) is 0 Å². The lowest BCUT2D eigenvalue weighted by molar-refractivity contribution is -0.122. The molecule has 0 radical (unpaired) electrons. The van der Waals surface area contributed by atoms with Gasteiger partial charge in [-0.3, -0.25) is 4.79 Å². The first-order chi connectivity index (χ1) is 9.83. The normalized spacial score (nSPS) is 16.9. The maximum absolute atomic E-state index is 12.2. The van der Waals surface area contributed by atoms with E-state index in [1.54, 1.807) is 0 Å². The van der Waals surface area contributed by atoms with Crippen LogP contribution in [0.2, 0.25) is 0 Å². The van der Waals surface area contributed by atoms with E-state index in [1.807, 2.05) is 48.5 Å². The van der Waals surface area contributed by atoms with Crippen LogP contribution in [0.15, 0.2) is 54.6 Å². The fraction of sp³-hybridized carbons (Fsp3) is 0.235. The van der Waals surface area contributed by atoms with E-state index in [-0.39, 0.29) is 11.9 Å². The molecule has 1 heterocycles. The Kier molecular flexibility index (Phi) is 3.68. The Bertz CT molecular complexity index is 595. The predicted molar refractivity (Wildman–Crippen MR) is 80.5 cm³/mol. The van der Waals surface area contributed by atoms with Crippen molar-refractivity contribution in [3.05, 3.63) is 65.7 Å². The highest BCUT2D eigenvalue weighted by atomic mass is 16.2. The standard InChI is InChI=1S/C17H18N2O/c20-17(18-12-13-6-2-1-3-7-13)16-11-10-14-8-4-5-9-15(14)19-16/h1-9,16,19H,10-12H2,(H,18,20). The number of fused-ring (bicyclic) bond motifs is 1. The molecule has 1 aliphatic rings. The predicted octanol–water partition coefficient (Wildman–Crippen LogP) is 2.73. The Labute approximate surface area is 119 Å². The van der Waals surface area contributed by atoms with E-state index in [0.717, 1.165) is 24.1 Å². The molecule has 3 nitrogen and oxygen atoms in total. The van der Waals surface area contributed by atoms with Crippen LogP contribution in [0.1, 0.15) is 17.5 Å². The number of amides is 1. The highest BCUT2D eigenvalue weighted by Crippen LogP contribution is 2.24. The van der Waals surface area contributed by atoms with E-state index in [1.165, 1.54) is 5.56 Å². The molecular weight excluding hydrogens is 248 g/mol. The number of hydrogen-bond acceptors (Lipinski definition) is 2. The number of benzene rings is 2. The van der Waals surface area contributed by atoms with Gasteiger partial charge >= 0.3 is 0 Å². The second-order valence-electron chi connectivity index (χ2n) is 5.10. The molecule has 3 rings (SSSR count). The molecule has 2 aromatic carbocycles. The maximum Gasteiger partial charge on any atom is 0.242 e. The fourth-order valence-corrected chi connectivity index (χ4v) is 2.54. The van der Waals surface area contributed by atoms with Crippen molar-refractivity contribution in [1.82, 2.24) is 5.32 Å². The van der Waals surface area contributed by atoms with Gasteiger partial charge < -0.3 is 10.6 Å². The van der Waals surface area contributed by atoms with Crippen molar-refractivity contribution in [2.75, 3.05) is 5.32 Å². The lowest BCUT2D eigenvalue weighted by atomic mass is 9.97. The van der Waals surface area contributed by atoms with Crippen molar-refractivity contribution in [2.45, 2.75) is 25.4 Å². The van der Waals surface area contributed by atoms with Crippen molar-refractivity contribution in [1.29, 1.82) is 0 Å². The highest BCUT2D eigenvalue weighted by molar-refractivity contribution is 5.85. The molecule has 0 aromatic heterocycles. The minimum Gasteiger partial charge on any atom is -0.373 e.